The summed E-state index contributed by atoms with van der Waals surface area (Å²) in [6, 6.07) is 10.8. The van der Waals surface area contributed by atoms with Gasteiger partial charge in [0.05, 0.1) is 0 Å². The standard InChI is InChI=1S/C10H14N.C2H5.Al.H/c1-3-9-11(2)10-7-5-4-6-8-10;1-2;;/h4-8H,2-3,9H2,1H3;1H2,2H3;;. The average molecular weight is 205 g/mol. The van der Waals surface area contributed by atoms with Crippen molar-refractivity contribution in [3.63, 3.8) is 0 Å². The number of hydrogen-bond acceptors (Lipinski definition) is 1. The van der Waals surface area contributed by atoms with Crippen LogP contribution in [0.15, 0.2) is 30.3 Å². The van der Waals surface area contributed by atoms with E-state index in [9.17, 15) is 0 Å². The lowest BCUT2D eigenvalue weighted by Crippen LogP contribution is -2.28. The van der Waals surface area contributed by atoms with Gasteiger partial charge in [-0.3, -0.25) is 0 Å². The molecule has 1 nitrogen and oxygen atoms in total. The summed E-state index contributed by atoms with van der Waals surface area (Å²) in [6.07, 6.45) is 1.24. The molecule has 0 saturated carbocycles. The monoisotopic (exact) mass is 205 g/mol. The maximum absolute atomic E-state index is 2.54. The van der Waals surface area contributed by atoms with Crippen molar-refractivity contribution < 1.29 is 0 Å². The molecule has 0 N–H and O–H groups in total. The van der Waals surface area contributed by atoms with Crippen LogP contribution in [-0.2, 0) is 0 Å². The molecule has 0 fully saturated rings. The number of nitrogens with zero attached hydrogens (tertiary/aromatic N) is 1. The average Bonchev–Trinajstić information content (AvgIpc) is 2.25. The molecule has 0 aliphatic rings. The molecule has 0 amide bonds. The SMILES string of the molecule is CCCN([CH2][AlH][CH2]C)c1ccccc1. The Labute approximate surface area is 93.8 Å². The van der Waals surface area contributed by atoms with E-state index in [0.717, 1.165) is 0 Å². The Morgan fingerprint density at radius 1 is 1.14 bits per heavy atom. The van der Waals surface area contributed by atoms with Crippen LogP contribution in [0.25, 0.3) is 0 Å². The van der Waals surface area contributed by atoms with Crippen LogP contribution in [0.4, 0.5) is 5.69 Å². The first kappa shape index (κ1) is 11.6. The maximum atomic E-state index is 2.54. The van der Waals surface area contributed by atoms with Crippen molar-refractivity contribution >= 4 is 20.9 Å². The highest BCUT2D eigenvalue weighted by atomic mass is 27.1. The fourth-order valence-electron chi connectivity index (χ4n) is 1.63. The molecular weight excluding hydrogens is 185 g/mol. The van der Waals surface area contributed by atoms with Crippen molar-refractivity contribution in [3.05, 3.63) is 30.3 Å². The van der Waals surface area contributed by atoms with Crippen molar-refractivity contribution in [3.8, 4) is 0 Å². The van der Waals surface area contributed by atoms with E-state index in [1.807, 2.05) is 0 Å². The number of anilines is 1. The van der Waals surface area contributed by atoms with Crippen LogP contribution in [0.2, 0.25) is 5.28 Å². The zero-order valence-corrected chi connectivity index (χ0v) is 10.8. The van der Waals surface area contributed by atoms with Crippen LogP contribution in [-0.4, -0.2) is 27.2 Å². The fraction of sp³-hybridized carbons (Fsp3) is 0.500. The summed E-state index contributed by atoms with van der Waals surface area (Å²) in [4.78, 5) is 2.54. The van der Waals surface area contributed by atoms with E-state index >= 15 is 0 Å². The molecule has 0 aliphatic heterocycles. The minimum Gasteiger partial charge on any atom is -0.386 e. The van der Waals surface area contributed by atoms with Gasteiger partial charge in [0.15, 0.2) is 0 Å². The third kappa shape index (κ3) is 3.74. The Bertz CT molecular complexity index is 235. The molecule has 1 rings (SSSR count). The van der Waals surface area contributed by atoms with Gasteiger partial charge >= 0.3 is 0 Å². The number of para-hydroxylation sites is 1. The Balaban J connectivity index is 2.58. The first-order valence-corrected chi connectivity index (χ1v) is 7.68. The quantitative estimate of drug-likeness (QED) is 0.645. The number of rotatable bonds is 6. The van der Waals surface area contributed by atoms with Crippen LogP contribution < -0.4 is 4.90 Å². The second kappa shape index (κ2) is 6.93. The van der Waals surface area contributed by atoms with Gasteiger partial charge in [-0.25, -0.2) is 0 Å². The smallest absolute Gasteiger partial charge is 0.266 e. The second-order valence-electron chi connectivity index (χ2n) is 3.68. The van der Waals surface area contributed by atoms with Gasteiger partial charge in [-0.05, 0) is 24.0 Å². The molecule has 0 bridgehead atoms. The van der Waals surface area contributed by atoms with Crippen LogP contribution in [0.1, 0.15) is 20.3 Å². The Hall–Kier alpha value is -0.448. The van der Waals surface area contributed by atoms with Crippen molar-refractivity contribution in [2.75, 3.05) is 16.9 Å². The van der Waals surface area contributed by atoms with Crippen molar-refractivity contribution in [2.24, 2.45) is 0 Å². The molecule has 0 atom stereocenters. The Kier molecular flexibility index (Phi) is 5.75. The van der Waals surface area contributed by atoms with Gasteiger partial charge in [0.25, 0.3) is 15.2 Å². The molecule has 14 heavy (non-hydrogen) atoms. The molecule has 2 heteroatoms. The Morgan fingerprint density at radius 3 is 2.43 bits per heavy atom. The molecular formula is C12H20AlN. The minimum atomic E-state index is 0.136. The van der Waals surface area contributed by atoms with E-state index in [1.54, 1.807) is 0 Å². The third-order valence-corrected chi connectivity index (χ3v) is 3.96. The highest BCUT2D eigenvalue weighted by Crippen LogP contribution is 2.12. The van der Waals surface area contributed by atoms with E-state index in [2.05, 4.69) is 49.1 Å². The lowest BCUT2D eigenvalue weighted by molar-refractivity contribution is 0.833. The second-order valence-corrected chi connectivity index (χ2v) is 5.83. The van der Waals surface area contributed by atoms with Gasteiger partial charge in [-0.2, -0.15) is 0 Å². The first-order chi connectivity index (χ1) is 6.88. The van der Waals surface area contributed by atoms with Crippen molar-refractivity contribution in [2.45, 2.75) is 25.6 Å². The normalized spacial score (nSPS) is 9.86. The molecule has 0 aliphatic carbocycles. The van der Waals surface area contributed by atoms with E-state index in [1.165, 1.54) is 29.3 Å². The molecule has 1 aromatic carbocycles. The highest BCUT2D eigenvalue weighted by molar-refractivity contribution is 6.36. The topological polar surface area (TPSA) is 3.24 Å². The van der Waals surface area contributed by atoms with Gasteiger partial charge in [-0.1, -0.05) is 37.3 Å². The van der Waals surface area contributed by atoms with Crippen LogP contribution >= 0.6 is 0 Å². The van der Waals surface area contributed by atoms with Gasteiger partial charge in [0, 0.05) is 12.2 Å². The summed E-state index contributed by atoms with van der Waals surface area (Å²) < 4.78 is 0. The highest BCUT2D eigenvalue weighted by Gasteiger charge is 2.04. The molecule has 0 saturated heterocycles. The van der Waals surface area contributed by atoms with Gasteiger partial charge in [0.2, 0.25) is 0 Å². The molecule has 1 aromatic rings. The molecule has 0 heterocycles. The van der Waals surface area contributed by atoms with E-state index in [4.69, 9.17) is 0 Å². The number of benzene rings is 1. The molecule has 0 spiro atoms. The van der Waals surface area contributed by atoms with Gasteiger partial charge < -0.3 is 4.90 Å². The predicted molar refractivity (Wildman–Crippen MR) is 66.6 cm³/mol. The molecule has 76 valence electrons. The van der Waals surface area contributed by atoms with Crippen molar-refractivity contribution in [1.29, 1.82) is 0 Å². The largest absolute Gasteiger partial charge is 0.386 e. The molecule has 0 unspecified atom stereocenters. The van der Waals surface area contributed by atoms with Crippen LogP contribution in [0, 0.1) is 0 Å². The molecule has 0 aromatic heterocycles. The Morgan fingerprint density at radius 2 is 1.86 bits per heavy atom. The fourth-order valence-corrected chi connectivity index (χ4v) is 2.81. The predicted octanol–water partition coefficient (Wildman–Crippen LogP) is 2.74. The molecule has 0 radical (unpaired) electrons. The van der Waals surface area contributed by atoms with Crippen molar-refractivity contribution in [1.82, 2.24) is 0 Å². The zero-order valence-electron chi connectivity index (χ0n) is 9.37. The summed E-state index contributed by atoms with van der Waals surface area (Å²) in [6.45, 7) is 5.77. The first-order valence-electron chi connectivity index (χ1n) is 5.68. The summed E-state index contributed by atoms with van der Waals surface area (Å²) in [7, 11) is 0. The summed E-state index contributed by atoms with van der Waals surface area (Å²) >= 11 is 0.136. The zero-order chi connectivity index (χ0) is 10.2. The van der Waals surface area contributed by atoms with E-state index < -0.39 is 0 Å². The lowest BCUT2D eigenvalue weighted by atomic mass is 10.3. The lowest BCUT2D eigenvalue weighted by Gasteiger charge is -2.24. The van der Waals surface area contributed by atoms with Crippen LogP contribution in [0.5, 0.6) is 0 Å². The van der Waals surface area contributed by atoms with E-state index in [-0.39, 0.29) is 15.2 Å². The summed E-state index contributed by atoms with van der Waals surface area (Å²) in [5.41, 5.74) is 1.40. The van der Waals surface area contributed by atoms with Gasteiger partial charge in [-0.15, -0.1) is 0 Å². The maximum Gasteiger partial charge on any atom is 0.266 e. The summed E-state index contributed by atoms with van der Waals surface area (Å²) in [5.74, 6) is 0. The minimum absolute atomic E-state index is 0.136. The van der Waals surface area contributed by atoms with Gasteiger partial charge in [0.1, 0.15) is 0 Å². The number of hydrogen-bond donors (Lipinski definition) is 0. The summed E-state index contributed by atoms with van der Waals surface area (Å²) in [5, 5.41) is 2.74. The third-order valence-electron chi connectivity index (χ3n) is 2.40. The van der Waals surface area contributed by atoms with E-state index in [0.29, 0.717) is 0 Å². The van der Waals surface area contributed by atoms with Crippen LogP contribution in [0.3, 0.4) is 0 Å².